The van der Waals surface area contributed by atoms with Crippen LogP contribution in [0.1, 0.15) is 44.2 Å². The number of alkyl halides is 3. The predicted octanol–water partition coefficient (Wildman–Crippen LogP) is 4.62. The Morgan fingerprint density at radius 2 is 1.54 bits per heavy atom. The second kappa shape index (κ2) is 11.1. The van der Waals surface area contributed by atoms with Crippen molar-refractivity contribution in [1.29, 1.82) is 0 Å². The van der Waals surface area contributed by atoms with Gasteiger partial charge < -0.3 is 10.4 Å². The lowest BCUT2D eigenvalue weighted by Gasteiger charge is -2.17. The average molecular weight is 515 g/mol. The van der Waals surface area contributed by atoms with E-state index in [1.54, 1.807) is 36.4 Å². The topological polar surface area (TPSA) is 113 Å². The van der Waals surface area contributed by atoms with E-state index in [0.29, 0.717) is 18.2 Å². The molecule has 0 atom stereocenters. The number of anilines is 1. The van der Waals surface area contributed by atoms with Crippen LogP contribution in [0, 0.1) is 12.8 Å². The van der Waals surface area contributed by atoms with E-state index in [4.69, 9.17) is 9.90 Å². The van der Waals surface area contributed by atoms with E-state index in [1.165, 1.54) is 0 Å². The summed E-state index contributed by atoms with van der Waals surface area (Å²) in [6.45, 7) is 6.87. The van der Waals surface area contributed by atoms with Crippen LogP contribution in [0.3, 0.4) is 0 Å². The Morgan fingerprint density at radius 3 is 1.97 bits per heavy atom. The number of aryl methyl sites for hydroxylation is 1. The molecule has 0 aliphatic heterocycles. The molecule has 0 saturated heterocycles. The highest BCUT2D eigenvalue weighted by molar-refractivity contribution is 7.92. The third-order valence-electron chi connectivity index (χ3n) is 5.46. The third kappa shape index (κ3) is 7.98. The Labute approximate surface area is 202 Å². The van der Waals surface area contributed by atoms with E-state index in [2.05, 4.69) is 23.9 Å². The van der Waals surface area contributed by atoms with E-state index in [0.717, 1.165) is 30.4 Å². The second-order valence-electron chi connectivity index (χ2n) is 8.82. The highest BCUT2D eigenvalue weighted by Crippen LogP contribution is 2.48. The molecule has 7 nitrogen and oxygen atoms in total. The summed E-state index contributed by atoms with van der Waals surface area (Å²) in [6, 6.07) is 13.9. The minimum Gasteiger partial charge on any atom is -0.475 e. The van der Waals surface area contributed by atoms with Crippen molar-refractivity contribution in [2.24, 2.45) is 5.92 Å². The maximum absolute atomic E-state index is 12.6. The van der Waals surface area contributed by atoms with Gasteiger partial charge >= 0.3 is 12.1 Å². The van der Waals surface area contributed by atoms with Gasteiger partial charge in [-0.25, -0.2) is 13.2 Å². The first kappa shape index (κ1) is 28.2. The quantitative estimate of drug-likeness (QED) is 0.476. The molecule has 35 heavy (non-hydrogen) atoms. The van der Waals surface area contributed by atoms with Crippen LogP contribution in [0.25, 0.3) is 0 Å². The van der Waals surface area contributed by atoms with Crippen LogP contribution < -0.4 is 10.0 Å². The molecule has 3 N–H and O–H groups in total. The van der Waals surface area contributed by atoms with Crippen molar-refractivity contribution in [3.05, 3.63) is 59.7 Å². The van der Waals surface area contributed by atoms with Crippen LogP contribution in [0.15, 0.2) is 53.4 Å². The van der Waals surface area contributed by atoms with Crippen LogP contribution in [0.4, 0.5) is 18.9 Å². The first-order chi connectivity index (χ1) is 16.2. The Kier molecular flexibility index (Phi) is 8.94. The molecule has 2 aromatic rings. The van der Waals surface area contributed by atoms with Gasteiger partial charge in [0.25, 0.3) is 10.0 Å². The van der Waals surface area contributed by atoms with Gasteiger partial charge in [-0.3, -0.25) is 9.52 Å². The van der Waals surface area contributed by atoms with Crippen molar-refractivity contribution in [3.8, 4) is 0 Å². The van der Waals surface area contributed by atoms with Crippen molar-refractivity contribution >= 4 is 27.6 Å². The van der Waals surface area contributed by atoms with Crippen LogP contribution in [-0.4, -0.2) is 38.1 Å². The molecule has 1 fully saturated rings. The molecular formula is C24H29F3N2O5S. The third-order valence-corrected chi connectivity index (χ3v) is 6.85. The smallest absolute Gasteiger partial charge is 0.475 e. The number of benzene rings is 2. The zero-order valence-corrected chi connectivity index (χ0v) is 20.5. The molecule has 11 heteroatoms. The van der Waals surface area contributed by atoms with Crippen LogP contribution in [0.5, 0.6) is 0 Å². The zero-order chi connectivity index (χ0) is 26.4. The van der Waals surface area contributed by atoms with Gasteiger partial charge in [0.2, 0.25) is 5.91 Å². The molecular weight excluding hydrogens is 485 g/mol. The fourth-order valence-corrected chi connectivity index (χ4v) is 4.26. The highest BCUT2D eigenvalue weighted by atomic mass is 32.2. The number of carbonyl (C=O) groups is 2. The summed E-state index contributed by atoms with van der Waals surface area (Å²) in [4.78, 5) is 21.7. The van der Waals surface area contributed by atoms with Gasteiger partial charge in [-0.05, 0) is 61.9 Å². The van der Waals surface area contributed by atoms with Crippen molar-refractivity contribution in [1.82, 2.24) is 5.32 Å². The standard InChI is InChI=1S/C22H28N2O3S.C2HF3O2/c1-16(2)12-15-23-21(25)22(13-14-22)18-6-8-19(9-7-18)24-28(26,27)20-10-4-17(3)5-11-20;3-2(4,5)1(6)7/h4-11,16,24H,12-15H2,1-3H3,(H,23,25);(H,6,7). The van der Waals surface area contributed by atoms with E-state index in [1.807, 2.05) is 19.1 Å². The minimum absolute atomic E-state index is 0.0705. The lowest BCUT2D eigenvalue weighted by Crippen LogP contribution is -2.35. The van der Waals surface area contributed by atoms with Crippen LogP contribution in [-0.2, 0) is 25.0 Å². The normalized spacial score (nSPS) is 14.5. The SMILES string of the molecule is Cc1ccc(S(=O)(=O)Nc2ccc(C3(C(=O)NCCC(C)C)CC3)cc2)cc1.O=C(O)C(F)(F)F. The van der Waals surface area contributed by atoms with Crippen molar-refractivity contribution in [2.75, 3.05) is 11.3 Å². The number of sulfonamides is 1. The molecule has 0 bridgehead atoms. The maximum atomic E-state index is 12.6. The summed E-state index contributed by atoms with van der Waals surface area (Å²) in [6.07, 6.45) is -2.47. The number of hydrogen-bond acceptors (Lipinski definition) is 4. The summed E-state index contributed by atoms with van der Waals surface area (Å²) in [5.74, 6) is -2.13. The van der Waals surface area contributed by atoms with Gasteiger partial charge in [0.15, 0.2) is 0 Å². The van der Waals surface area contributed by atoms with Gasteiger partial charge in [-0.15, -0.1) is 0 Å². The molecule has 192 valence electrons. The van der Waals surface area contributed by atoms with Gasteiger partial charge in [0, 0.05) is 12.2 Å². The van der Waals surface area contributed by atoms with Crippen molar-refractivity contribution in [3.63, 3.8) is 0 Å². The van der Waals surface area contributed by atoms with Crippen LogP contribution in [0.2, 0.25) is 0 Å². The largest absolute Gasteiger partial charge is 0.490 e. The molecule has 3 rings (SSSR count). The predicted molar refractivity (Wildman–Crippen MR) is 125 cm³/mol. The number of halogens is 3. The summed E-state index contributed by atoms with van der Waals surface area (Å²) in [5.41, 5.74) is 1.98. The molecule has 0 unspecified atom stereocenters. The second-order valence-corrected chi connectivity index (χ2v) is 10.5. The Balaban J connectivity index is 0.000000540. The highest BCUT2D eigenvalue weighted by Gasteiger charge is 2.51. The molecule has 0 heterocycles. The molecule has 1 aliphatic rings. The number of carboxylic acids is 1. The Hall–Kier alpha value is -3.08. The Morgan fingerprint density at radius 1 is 1.03 bits per heavy atom. The first-order valence-electron chi connectivity index (χ1n) is 11.0. The molecule has 0 spiro atoms. The molecule has 1 amide bonds. The van der Waals surface area contributed by atoms with Gasteiger partial charge in [-0.2, -0.15) is 13.2 Å². The number of nitrogens with one attached hydrogen (secondary N) is 2. The summed E-state index contributed by atoms with van der Waals surface area (Å²) in [5, 5.41) is 10.2. The van der Waals surface area contributed by atoms with Crippen molar-refractivity contribution < 1.29 is 36.3 Å². The fourth-order valence-electron chi connectivity index (χ4n) is 3.20. The lowest BCUT2D eigenvalue weighted by molar-refractivity contribution is -0.192. The van der Waals surface area contributed by atoms with Crippen molar-refractivity contribution in [2.45, 2.75) is 56.5 Å². The number of amides is 1. The molecule has 0 aromatic heterocycles. The number of hydrogen-bond donors (Lipinski definition) is 3. The van der Waals surface area contributed by atoms with Gasteiger partial charge in [0.05, 0.1) is 10.3 Å². The maximum Gasteiger partial charge on any atom is 0.490 e. The summed E-state index contributed by atoms with van der Waals surface area (Å²) in [7, 11) is -3.63. The molecule has 1 aliphatic carbocycles. The fraction of sp³-hybridized carbons (Fsp3) is 0.417. The number of carboxylic acid groups (broad SMARTS) is 1. The van der Waals surface area contributed by atoms with Gasteiger partial charge in [0.1, 0.15) is 0 Å². The van der Waals surface area contributed by atoms with E-state index in [9.17, 15) is 26.4 Å². The number of carbonyl (C=O) groups excluding carboxylic acids is 1. The lowest BCUT2D eigenvalue weighted by atomic mass is 9.94. The first-order valence-corrected chi connectivity index (χ1v) is 12.4. The molecule has 1 saturated carbocycles. The van der Waals surface area contributed by atoms with Crippen LogP contribution >= 0.6 is 0 Å². The van der Waals surface area contributed by atoms with E-state index >= 15 is 0 Å². The minimum atomic E-state index is -5.08. The van der Waals surface area contributed by atoms with Gasteiger partial charge in [-0.1, -0.05) is 43.7 Å². The number of rotatable bonds is 8. The number of aliphatic carboxylic acids is 1. The molecule has 2 aromatic carbocycles. The zero-order valence-electron chi connectivity index (χ0n) is 19.6. The van der Waals surface area contributed by atoms with E-state index < -0.39 is 27.6 Å². The van der Waals surface area contributed by atoms with E-state index in [-0.39, 0.29) is 10.8 Å². The average Bonchev–Trinajstić information content (AvgIpc) is 3.56. The summed E-state index contributed by atoms with van der Waals surface area (Å²) < 4.78 is 59.4. The Bertz CT molecular complexity index is 1130. The monoisotopic (exact) mass is 514 g/mol. The molecule has 0 radical (unpaired) electrons. The summed E-state index contributed by atoms with van der Waals surface area (Å²) >= 11 is 0.